The normalized spacial score (nSPS) is 10.5. The number of phenols is 1. The zero-order valence-corrected chi connectivity index (χ0v) is 14.6. The quantitative estimate of drug-likeness (QED) is 0.643. The fourth-order valence-corrected chi connectivity index (χ4v) is 2.55. The van der Waals surface area contributed by atoms with Crippen LogP contribution < -0.4 is 10.1 Å². The zero-order valence-electron chi connectivity index (χ0n) is 14.6. The number of carbonyl (C=O) groups is 1. The highest BCUT2D eigenvalue weighted by atomic mass is 16.5. The minimum Gasteiger partial charge on any atom is -0.508 e. The molecule has 26 heavy (non-hydrogen) atoms. The first kappa shape index (κ1) is 17.6. The lowest BCUT2D eigenvalue weighted by Gasteiger charge is -2.06. The van der Waals surface area contributed by atoms with E-state index in [1.54, 1.807) is 24.3 Å². The number of nitrogens with one attached hydrogen (secondary N) is 1. The summed E-state index contributed by atoms with van der Waals surface area (Å²) in [6.45, 7) is 2.39. The second-order valence-electron chi connectivity index (χ2n) is 5.95. The molecular formula is C21H21NO4. The SMILES string of the molecule is CCCc1ccc(OCc2ccc(C(=O)Nc3cccc(O)c3)o2)cc1. The molecule has 134 valence electrons. The lowest BCUT2D eigenvalue weighted by atomic mass is 10.1. The van der Waals surface area contributed by atoms with Gasteiger partial charge < -0.3 is 19.6 Å². The molecular weight excluding hydrogens is 330 g/mol. The molecule has 1 aromatic heterocycles. The van der Waals surface area contributed by atoms with Crippen molar-refractivity contribution in [2.45, 2.75) is 26.4 Å². The molecule has 0 fully saturated rings. The molecule has 0 spiro atoms. The summed E-state index contributed by atoms with van der Waals surface area (Å²) >= 11 is 0. The molecule has 0 bridgehead atoms. The summed E-state index contributed by atoms with van der Waals surface area (Å²) in [6.07, 6.45) is 2.16. The van der Waals surface area contributed by atoms with E-state index in [4.69, 9.17) is 9.15 Å². The van der Waals surface area contributed by atoms with Gasteiger partial charge in [-0.3, -0.25) is 4.79 Å². The Morgan fingerprint density at radius 2 is 1.92 bits per heavy atom. The van der Waals surface area contributed by atoms with Gasteiger partial charge in [-0.1, -0.05) is 31.5 Å². The van der Waals surface area contributed by atoms with Crippen LogP contribution in [0.4, 0.5) is 5.69 Å². The molecule has 2 aromatic carbocycles. The van der Waals surface area contributed by atoms with Crippen molar-refractivity contribution in [3.05, 3.63) is 77.7 Å². The van der Waals surface area contributed by atoms with Crippen molar-refractivity contribution in [3.63, 3.8) is 0 Å². The van der Waals surface area contributed by atoms with Gasteiger partial charge in [0.2, 0.25) is 0 Å². The van der Waals surface area contributed by atoms with Crippen LogP contribution in [0.5, 0.6) is 11.5 Å². The number of hydrogen-bond acceptors (Lipinski definition) is 4. The molecule has 0 radical (unpaired) electrons. The predicted octanol–water partition coefficient (Wildman–Crippen LogP) is 4.77. The lowest BCUT2D eigenvalue weighted by Crippen LogP contribution is -2.10. The van der Waals surface area contributed by atoms with Gasteiger partial charge in [0, 0.05) is 11.8 Å². The molecule has 3 aromatic rings. The van der Waals surface area contributed by atoms with Crippen molar-refractivity contribution in [3.8, 4) is 11.5 Å². The van der Waals surface area contributed by atoms with Gasteiger partial charge in [0.25, 0.3) is 5.91 Å². The molecule has 0 aliphatic rings. The van der Waals surface area contributed by atoms with Crippen molar-refractivity contribution in [2.75, 3.05) is 5.32 Å². The van der Waals surface area contributed by atoms with Gasteiger partial charge in [0.1, 0.15) is 23.9 Å². The van der Waals surface area contributed by atoms with Gasteiger partial charge in [0.05, 0.1) is 0 Å². The topological polar surface area (TPSA) is 71.7 Å². The third-order valence-electron chi connectivity index (χ3n) is 3.83. The second kappa shape index (κ2) is 8.25. The van der Waals surface area contributed by atoms with Crippen LogP contribution in [0.1, 0.15) is 35.2 Å². The molecule has 1 heterocycles. The number of rotatable bonds is 7. The van der Waals surface area contributed by atoms with Gasteiger partial charge >= 0.3 is 0 Å². The first-order chi connectivity index (χ1) is 12.6. The van der Waals surface area contributed by atoms with Crippen LogP contribution in [0.15, 0.2) is 65.1 Å². The third kappa shape index (κ3) is 4.66. The Hall–Kier alpha value is -3.21. The number of ether oxygens (including phenoxy) is 1. The number of benzene rings is 2. The zero-order chi connectivity index (χ0) is 18.4. The van der Waals surface area contributed by atoms with E-state index in [-0.39, 0.29) is 24.0 Å². The summed E-state index contributed by atoms with van der Waals surface area (Å²) in [5, 5.41) is 12.1. The maximum absolute atomic E-state index is 12.2. The monoisotopic (exact) mass is 351 g/mol. The Labute approximate surface area is 152 Å². The molecule has 0 atom stereocenters. The molecule has 0 saturated heterocycles. The van der Waals surface area contributed by atoms with Crippen LogP contribution in [0.2, 0.25) is 0 Å². The Morgan fingerprint density at radius 1 is 1.12 bits per heavy atom. The first-order valence-corrected chi connectivity index (χ1v) is 8.55. The smallest absolute Gasteiger partial charge is 0.291 e. The Morgan fingerprint density at radius 3 is 2.65 bits per heavy atom. The van der Waals surface area contributed by atoms with Gasteiger partial charge in [-0.15, -0.1) is 0 Å². The van der Waals surface area contributed by atoms with Crippen molar-refractivity contribution >= 4 is 11.6 Å². The van der Waals surface area contributed by atoms with Gasteiger partial charge in [-0.2, -0.15) is 0 Å². The van der Waals surface area contributed by atoms with Crippen LogP contribution in [0, 0.1) is 0 Å². The molecule has 0 saturated carbocycles. The highest BCUT2D eigenvalue weighted by Gasteiger charge is 2.12. The van der Waals surface area contributed by atoms with Crippen LogP contribution in [0.25, 0.3) is 0 Å². The van der Waals surface area contributed by atoms with Crippen molar-refractivity contribution < 1.29 is 19.1 Å². The predicted molar refractivity (Wildman–Crippen MR) is 99.5 cm³/mol. The second-order valence-corrected chi connectivity index (χ2v) is 5.95. The summed E-state index contributed by atoms with van der Waals surface area (Å²) < 4.78 is 11.2. The van der Waals surface area contributed by atoms with E-state index in [0.717, 1.165) is 18.6 Å². The number of furan rings is 1. The van der Waals surface area contributed by atoms with Gasteiger partial charge in [0.15, 0.2) is 5.76 Å². The Bertz CT molecular complexity index is 868. The molecule has 0 aliphatic heterocycles. The minimum absolute atomic E-state index is 0.0845. The van der Waals surface area contributed by atoms with E-state index in [1.165, 1.54) is 17.7 Å². The van der Waals surface area contributed by atoms with Crippen LogP contribution >= 0.6 is 0 Å². The largest absolute Gasteiger partial charge is 0.508 e. The Balaban J connectivity index is 1.56. The number of amides is 1. The fourth-order valence-electron chi connectivity index (χ4n) is 2.55. The first-order valence-electron chi connectivity index (χ1n) is 8.55. The number of anilines is 1. The van der Waals surface area contributed by atoms with Gasteiger partial charge in [-0.05, 0) is 48.4 Å². The van der Waals surface area contributed by atoms with Crippen molar-refractivity contribution in [2.24, 2.45) is 0 Å². The summed E-state index contributed by atoms with van der Waals surface area (Å²) in [5.74, 6) is 1.20. The summed E-state index contributed by atoms with van der Waals surface area (Å²) in [5.41, 5.74) is 1.78. The number of phenolic OH excluding ortho intramolecular Hbond substituents is 1. The minimum atomic E-state index is -0.384. The van der Waals surface area contributed by atoms with Gasteiger partial charge in [-0.25, -0.2) is 0 Å². The standard InChI is InChI=1S/C21H21NO4/c1-2-4-15-7-9-18(10-8-15)25-14-19-11-12-20(26-19)21(24)22-16-5-3-6-17(23)13-16/h3,5-13,23H,2,4,14H2,1H3,(H,22,24). The molecule has 0 unspecified atom stereocenters. The summed E-state index contributed by atoms with van der Waals surface area (Å²) in [6, 6.07) is 17.6. The molecule has 2 N–H and O–H groups in total. The van der Waals surface area contributed by atoms with E-state index in [0.29, 0.717) is 11.4 Å². The highest BCUT2D eigenvalue weighted by molar-refractivity contribution is 6.02. The van der Waals surface area contributed by atoms with E-state index in [2.05, 4.69) is 24.4 Å². The molecule has 0 aliphatic carbocycles. The fraction of sp³-hybridized carbons (Fsp3) is 0.190. The van der Waals surface area contributed by atoms with Crippen LogP contribution in [-0.4, -0.2) is 11.0 Å². The molecule has 3 rings (SSSR count). The average molecular weight is 351 g/mol. The van der Waals surface area contributed by atoms with E-state index in [1.807, 2.05) is 12.1 Å². The number of aryl methyl sites for hydroxylation is 1. The molecule has 5 heteroatoms. The van der Waals surface area contributed by atoms with Crippen molar-refractivity contribution in [1.29, 1.82) is 0 Å². The van der Waals surface area contributed by atoms with Crippen LogP contribution in [-0.2, 0) is 13.0 Å². The maximum atomic E-state index is 12.2. The number of aromatic hydroxyl groups is 1. The Kier molecular flexibility index (Phi) is 5.59. The van der Waals surface area contributed by atoms with Crippen molar-refractivity contribution in [1.82, 2.24) is 0 Å². The summed E-state index contributed by atoms with van der Waals surface area (Å²) in [4.78, 5) is 12.2. The van der Waals surface area contributed by atoms with E-state index in [9.17, 15) is 9.90 Å². The number of carbonyl (C=O) groups excluding carboxylic acids is 1. The van der Waals surface area contributed by atoms with Crippen LogP contribution in [0.3, 0.4) is 0 Å². The van der Waals surface area contributed by atoms with E-state index < -0.39 is 0 Å². The molecule has 5 nitrogen and oxygen atoms in total. The molecule has 1 amide bonds. The maximum Gasteiger partial charge on any atom is 0.291 e. The summed E-state index contributed by atoms with van der Waals surface area (Å²) in [7, 11) is 0. The number of hydrogen-bond donors (Lipinski definition) is 2. The third-order valence-corrected chi connectivity index (χ3v) is 3.83. The average Bonchev–Trinajstić information content (AvgIpc) is 3.11. The van der Waals surface area contributed by atoms with E-state index >= 15 is 0 Å². The lowest BCUT2D eigenvalue weighted by molar-refractivity contribution is 0.0992. The highest BCUT2D eigenvalue weighted by Crippen LogP contribution is 2.19.